The number of nitrogens with two attached hydrogens (primary N) is 1. The third kappa shape index (κ3) is 3.55. The zero-order valence-corrected chi connectivity index (χ0v) is 11.5. The minimum absolute atomic E-state index is 0.201. The fourth-order valence-electron chi connectivity index (χ4n) is 1.91. The number of hydrogen-bond acceptors (Lipinski definition) is 2. The van der Waals surface area contributed by atoms with Gasteiger partial charge in [-0.1, -0.05) is 17.7 Å². The zero-order chi connectivity index (χ0) is 13.0. The maximum absolute atomic E-state index is 13.1. The molecule has 18 heavy (non-hydrogen) atoms. The molecule has 96 valence electrons. The van der Waals surface area contributed by atoms with E-state index in [1.807, 2.05) is 6.07 Å². The van der Waals surface area contributed by atoms with Gasteiger partial charge in [0.1, 0.15) is 5.82 Å². The normalized spacial score (nSPS) is 12.6. The monoisotopic (exact) mass is 283 g/mol. The average molecular weight is 284 g/mol. The molecule has 1 aromatic heterocycles. The van der Waals surface area contributed by atoms with E-state index < -0.39 is 0 Å². The lowest BCUT2D eigenvalue weighted by Gasteiger charge is -2.13. The van der Waals surface area contributed by atoms with Crippen LogP contribution in [-0.4, -0.2) is 0 Å². The molecular formula is C14H15ClFNS. The number of thiophene rings is 1. The number of aryl methyl sites for hydroxylation is 1. The Morgan fingerprint density at radius 3 is 2.89 bits per heavy atom. The molecule has 0 spiro atoms. The van der Waals surface area contributed by atoms with Gasteiger partial charge in [0.15, 0.2) is 0 Å². The van der Waals surface area contributed by atoms with Crippen LogP contribution in [0.25, 0.3) is 0 Å². The first-order chi connectivity index (χ1) is 8.66. The number of halogens is 2. The molecule has 1 heterocycles. The molecule has 1 unspecified atom stereocenters. The van der Waals surface area contributed by atoms with Gasteiger partial charge in [-0.2, -0.15) is 0 Å². The van der Waals surface area contributed by atoms with Crippen LogP contribution in [0.2, 0.25) is 5.02 Å². The summed E-state index contributed by atoms with van der Waals surface area (Å²) in [4.78, 5) is 1.35. The molecular weight excluding hydrogens is 269 g/mol. The van der Waals surface area contributed by atoms with Crippen molar-refractivity contribution in [3.05, 3.63) is 57.0 Å². The van der Waals surface area contributed by atoms with Gasteiger partial charge in [-0.3, -0.25) is 0 Å². The molecule has 0 radical (unpaired) electrons. The SMILES string of the molecule is NC(CCCc1cccs1)c1cc(F)ccc1Cl. The summed E-state index contributed by atoms with van der Waals surface area (Å²) in [6, 6.07) is 8.30. The highest BCUT2D eigenvalue weighted by Crippen LogP contribution is 2.26. The molecule has 1 atom stereocenters. The minimum atomic E-state index is -0.289. The van der Waals surface area contributed by atoms with Gasteiger partial charge in [0.25, 0.3) is 0 Å². The Balaban J connectivity index is 1.91. The second-order valence-electron chi connectivity index (χ2n) is 4.24. The minimum Gasteiger partial charge on any atom is -0.324 e. The maximum Gasteiger partial charge on any atom is 0.123 e. The van der Waals surface area contributed by atoms with Crippen molar-refractivity contribution < 1.29 is 4.39 Å². The second kappa shape index (κ2) is 6.32. The third-order valence-corrected chi connectivity index (χ3v) is 4.16. The zero-order valence-electron chi connectivity index (χ0n) is 9.90. The lowest BCUT2D eigenvalue weighted by molar-refractivity contribution is 0.594. The highest BCUT2D eigenvalue weighted by Gasteiger charge is 2.11. The summed E-state index contributed by atoms with van der Waals surface area (Å²) < 4.78 is 13.1. The molecule has 1 aromatic carbocycles. The van der Waals surface area contributed by atoms with Crippen molar-refractivity contribution in [3.63, 3.8) is 0 Å². The number of benzene rings is 1. The largest absolute Gasteiger partial charge is 0.324 e. The van der Waals surface area contributed by atoms with Crippen molar-refractivity contribution >= 4 is 22.9 Å². The lowest BCUT2D eigenvalue weighted by atomic mass is 10.0. The van der Waals surface area contributed by atoms with Gasteiger partial charge in [0.05, 0.1) is 0 Å². The summed E-state index contributed by atoms with van der Waals surface area (Å²) in [7, 11) is 0. The van der Waals surface area contributed by atoms with Crippen LogP contribution < -0.4 is 5.73 Å². The van der Waals surface area contributed by atoms with E-state index >= 15 is 0 Å². The van der Waals surface area contributed by atoms with Gasteiger partial charge >= 0.3 is 0 Å². The second-order valence-corrected chi connectivity index (χ2v) is 5.68. The van der Waals surface area contributed by atoms with E-state index in [4.69, 9.17) is 17.3 Å². The quantitative estimate of drug-likeness (QED) is 0.855. The molecule has 2 aromatic rings. The van der Waals surface area contributed by atoms with E-state index in [1.54, 1.807) is 17.4 Å². The van der Waals surface area contributed by atoms with Crippen LogP contribution >= 0.6 is 22.9 Å². The molecule has 0 aliphatic carbocycles. The Morgan fingerprint density at radius 1 is 1.33 bits per heavy atom. The molecule has 0 aliphatic heterocycles. The standard InChI is InChI=1S/C14H15ClFNS/c15-13-7-6-10(16)9-12(13)14(17)5-1-3-11-4-2-8-18-11/h2,4,6-9,14H,1,3,5,17H2. The summed E-state index contributed by atoms with van der Waals surface area (Å²) in [6.07, 6.45) is 2.80. The van der Waals surface area contributed by atoms with Crippen LogP contribution in [0, 0.1) is 5.82 Å². The van der Waals surface area contributed by atoms with Gasteiger partial charge < -0.3 is 5.73 Å². The van der Waals surface area contributed by atoms with Crippen molar-refractivity contribution in [1.29, 1.82) is 0 Å². The molecule has 2 rings (SSSR count). The van der Waals surface area contributed by atoms with Crippen LogP contribution in [0.5, 0.6) is 0 Å². The van der Waals surface area contributed by atoms with Crippen molar-refractivity contribution in [2.75, 3.05) is 0 Å². The van der Waals surface area contributed by atoms with Crippen LogP contribution in [0.3, 0.4) is 0 Å². The topological polar surface area (TPSA) is 26.0 Å². The fourth-order valence-corrected chi connectivity index (χ4v) is 2.91. The van der Waals surface area contributed by atoms with Crippen LogP contribution in [0.4, 0.5) is 4.39 Å². The van der Waals surface area contributed by atoms with Crippen molar-refractivity contribution in [3.8, 4) is 0 Å². The number of rotatable bonds is 5. The van der Waals surface area contributed by atoms with Gasteiger partial charge in [-0.05, 0) is 54.5 Å². The molecule has 2 N–H and O–H groups in total. The number of hydrogen-bond donors (Lipinski definition) is 1. The molecule has 4 heteroatoms. The van der Waals surface area contributed by atoms with E-state index in [9.17, 15) is 4.39 Å². The van der Waals surface area contributed by atoms with Gasteiger partial charge in [0.2, 0.25) is 0 Å². The van der Waals surface area contributed by atoms with E-state index in [0.717, 1.165) is 19.3 Å². The Hall–Kier alpha value is -0.900. The molecule has 0 aliphatic rings. The van der Waals surface area contributed by atoms with Crippen LogP contribution in [-0.2, 0) is 6.42 Å². The maximum atomic E-state index is 13.1. The molecule has 0 fully saturated rings. The highest BCUT2D eigenvalue weighted by atomic mass is 35.5. The first-order valence-electron chi connectivity index (χ1n) is 5.89. The summed E-state index contributed by atoms with van der Waals surface area (Å²) in [6.45, 7) is 0. The average Bonchev–Trinajstić information content (AvgIpc) is 2.85. The van der Waals surface area contributed by atoms with Gasteiger partial charge in [-0.25, -0.2) is 4.39 Å². The summed E-state index contributed by atoms with van der Waals surface area (Å²) >= 11 is 7.77. The van der Waals surface area contributed by atoms with E-state index in [-0.39, 0.29) is 11.9 Å². The lowest BCUT2D eigenvalue weighted by Crippen LogP contribution is -2.11. The summed E-state index contributed by atoms with van der Waals surface area (Å²) in [5.74, 6) is -0.289. The Labute approximate surface area is 115 Å². The Morgan fingerprint density at radius 2 is 2.17 bits per heavy atom. The Kier molecular flexibility index (Phi) is 4.75. The van der Waals surface area contributed by atoms with Crippen LogP contribution in [0.1, 0.15) is 29.3 Å². The van der Waals surface area contributed by atoms with Gasteiger partial charge in [-0.15, -0.1) is 11.3 Å². The molecule has 0 saturated heterocycles. The van der Waals surface area contributed by atoms with E-state index in [2.05, 4.69) is 11.4 Å². The summed E-state index contributed by atoms with van der Waals surface area (Å²) in [5.41, 5.74) is 6.75. The van der Waals surface area contributed by atoms with E-state index in [0.29, 0.717) is 10.6 Å². The predicted octanol–water partition coefficient (Wildman–Crippen LogP) is 4.56. The van der Waals surface area contributed by atoms with Crippen molar-refractivity contribution in [2.45, 2.75) is 25.3 Å². The van der Waals surface area contributed by atoms with E-state index in [1.165, 1.54) is 17.0 Å². The smallest absolute Gasteiger partial charge is 0.123 e. The first kappa shape index (κ1) is 13.5. The van der Waals surface area contributed by atoms with Crippen molar-refractivity contribution in [1.82, 2.24) is 0 Å². The van der Waals surface area contributed by atoms with Gasteiger partial charge in [0, 0.05) is 15.9 Å². The molecule has 1 nitrogen and oxygen atoms in total. The first-order valence-corrected chi connectivity index (χ1v) is 7.15. The predicted molar refractivity (Wildman–Crippen MR) is 75.6 cm³/mol. The van der Waals surface area contributed by atoms with Crippen LogP contribution in [0.15, 0.2) is 35.7 Å². The van der Waals surface area contributed by atoms with Crippen molar-refractivity contribution in [2.24, 2.45) is 5.73 Å². The Bertz CT molecular complexity index is 499. The summed E-state index contributed by atoms with van der Waals surface area (Å²) in [5, 5.41) is 2.61. The fraction of sp³-hybridized carbons (Fsp3) is 0.286. The third-order valence-electron chi connectivity index (χ3n) is 2.88. The highest BCUT2D eigenvalue weighted by molar-refractivity contribution is 7.09. The molecule has 0 amide bonds. The molecule has 0 saturated carbocycles. The molecule has 0 bridgehead atoms.